The average Bonchev–Trinajstić information content (AvgIpc) is 3.14. The highest BCUT2D eigenvalue weighted by Crippen LogP contribution is 2.57. The molecule has 2 aliphatic heterocycles. The van der Waals surface area contributed by atoms with Crippen LogP contribution in [0.2, 0.25) is 5.02 Å². The topological polar surface area (TPSA) is 104 Å². The van der Waals surface area contributed by atoms with Gasteiger partial charge in [-0.3, -0.25) is 4.21 Å². The number of nitrogens with zero attached hydrogens (tertiary/aromatic N) is 5. The van der Waals surface area contributed by atoms with Crippen molar-refractivity contribution in [2.75, 3.05) is 29.1 Å². The van der Waals surface area contributed by atoms with E-state index in [0.717, 1.165) is 73.9 Å². The maximum Gasteiger partial charge on any atom is 0.227 e. The van der Waals surface area contributed by atoms with E-state index in [2.05, 4.69) is 20.2 Å². The van der Waals surface area contributed by atoms with Gasteiger partial charge in [-0.15, -0.1) is 0 Å². The number of hydrogen-bond donors (Lipinski definition) is 2. The van der Waals surface area contributed by atoms with Crippen LogP contribution < -0.4 is 10.2 Å². The predicted molar refractivity (Wildman–Crippen MR) is 125 cm³/mol. The van der Waals surface area contributed by atoms with Gasteiger partial charge in [-0.2, -0.15) is 4.98 Å². The van der Waals surface area contributed by atoms with Gasteiger partial charge in [0.1, 0.15) is 16.5 Å². The lowest BCUT2D eigenvalue weighted by atomic mass is 9.77. The molecule has 10 heteroatoms. The molecule has 0 amide bonds. The maximum atomic E-state index is 13.1. The van der Waals surface area contributed by atoms with Crippen LogP contribution in [0.15, 0.2) is 17.3 Å². The molecule has 3 saturated carbocycles. The standard InChI is InChI=1S/C23H27ClN6O2S/c24-14-8-25-19(26-9-14)16-7-15-6-13(16)10-30(15)21-27-18-17(33(32)12-22(18)4-5-22)20(28-21)29-23(11-31)2-1-3-23/h8-9,13,15-16,31H,1-7,10-12H2,(H,27,28,29). The Kier molecular flexibility index (Phi) is 4.41. The van der Waals surface area contributed by atoms with E-state index in [1.807, 2.05) is 0 Å². The summed E-state index contributed by atoms with van der Waals surface area (Å²) in [6.07, 6.45) is 10.4. The van der Waals surface area contributed by atoms with E-state index in [0.29, 0.717) is 34.5 Å². The SMILES string of the molecule is O=S1CC2(CC2)c2nc(N3CC4CC3CC4c3ncc(Cl)cn3)nc(NC3(CO)CCC3)c21. The first-order valence-electron chi connectivity index (χ1n) is 11.9. The molecule has 0 radical (unpaired) electrons. The van der Waals surface area contributed by atoms with Crippen molar-refractivity contribution in [3.05, 3.63) is 28.9 Å². The largest absolute Gasteiger partial charge is 0.394 e. The second-order valence-corrected chi connectivity index (χ2v) is 12.5. The molecule has 33 heavy (non-hydrogen) atoms. The van der Waals surface area contributed by atoms with Gasteiger partial charge in [-0.25, -0.2) is 15.0 Å². The monoisotopic (exact) mass is 486 g/mol. The number of piperidine rings is 1. The molecular formula is C23H27ClN6O2S. The Hall–Kier alpha value is -1.84. The Balaban J connectivity index is 1.22. The molecule has 174 valence electrons. The van der Waals surface area contributed by atoms with Gasteiger partial charge in [0.15, 0.2) is 0 Å². The van der Waals surface area contributed by atoms with Crippen molar-refractivity contribution in [1.82, 2.24) is 19.9 Å². The molecule has 2 aromatic rings. The predicted octanol–water partition coefficient (Wildman–Crippen LogP) is 2.78. The highest BCUT2D eigenvalue weighted by molar-refractivity contribution is 7.85. The van der Waals surface area contributed by atoms with Crippen LogP contribution in [0.4, 0.5) is 11.8 Å². The maximum absolute atomic E-state index is 13.1. The van der Waals surface area contributed by atoms with E-state index in [1.54, 1.807) is 12.4 Å². The van der Waals surface area contributed by atoms with Crippen LogP contribution in [0, 0.1) is 5.92 Å². The molecule has 2 aromatic heterocycles. The lowest BCUT2D eigenvalue weighted by Crippen LogP contribution is -2.49. The number of rotatable bonds is 5. The minimum absolute atomic E-state index is 0.0290. The number of halogens is 1. The summed E-state index contributed by atoms with van der Waals surface area (Å²) in [6, 6.07) is 0.350. The van der Waals surface area contributed by atoms with Gasteiger partial charge in [0.25, 0.3) is 0 Å². The average molecular weight is 487 g/mol. The first kappa shape index (κ1) is 20.5. The zero-order chi connectivity index (χ0) is 22.4. The van der Waals surface area contributed by atoms with Crippen molar-refractivity contribution in [1.29, 1.82) is 0 Å². The van der Waals surface area contributed by atoms with Crippen molar-refractivity contribution >= 4 is 34.2 Å². The zero-order valence-electron chi connectivity index (χ0n) is 18.3. The Bertz CT molecular complexity index is 1150. The van der Waals surface area contributed by atoms with Crippen molar-refractivity contribution in [3.63, 3.8) is 0 Å². The summed E-state index contributed by atoms with van der Waals surface area (Å²) in [4.78, 5) is 22.1. The molecule has 2 N–H and O–H groups in total. The highest BCUT2D eigenvalue weighted by atomic mass is 35.5. The Morgan fingerprint density at radius 3 is 2.58 bits per heavy atom. The number of anilines is 2. The second-order valence-electron chi connectivity index (χ2n) is 10.6. The number of aliphatic hydroxyl groups excluding tert-OH is 1. The van der Waals surface area contributed by atoms with Gasteiger partial charge in [0.05, 0.1) is 33.7 Å². The lowest BCUT2D eigenvalue weighted by molar-refractivity contribution is 0.143. The van der Waals surface area contributed by atoms with Crippen LogP contribution in [0.1, 0.15) is 62.4 Å². The van der Waals surface area contributed by atoms with Gasteiger partial charge >= 0.3 is 0 Å². The number of aromatic nitrogens is 4. The van der Waals surface area contributed by atoms with E-state index >= 15 is 0 Å². The number of aliphatic hydroxyl groups is 1. The molecule has 0 aromatic carbocycles. The molecule has 1 spiro atoms. The number of hydrogen-bond acceptors (Lipinski definition) is 8. The van der Waals surface area contributed by atoms with Crippen LogP contribution in [-0.4, -0.2) is 59.7 Å². The molecule has 5 aliphatic rings. The Morgan fingerprint density at radius 2 is 1.97 bits per heavy atom. The fourth-order valence-electron chi connectivity index (χ4n) is 6.36. The Labute approximate surface area is 200 Å². The minimum atomic E-state index is -1.09. The van der Waals surface area contributed by atoms with Gasteiger partial charge < -0.3 is 15.3 Å². The van der Waals surface area contributed by atoms with E-state index in [4.69, 9.17) is 21.6 Å². The molecule has 7 rings (SSSR count). The van der Waals surface area contributed by atoms with E-state index in [1.165, 1.54) is 0 Å². The van der Waals surface area contributed by atoms with Gasteiger partial charge in [-0.1, -0.05) is 11.6 Å². The van der Waals surface area contributed by atoms with Crippen molar-refractivity contribution in [3.8, 4) is 0 Å². The third-order valence-electron chi connectivity index (χ3n) is 8.61. The third kappa shape index (κ3) is 3.08. The van der Waals surface area contributed by atoms with Gasteiger partial charge in [0, 0.05) is 42.1 Å². The van der Waals surface area contributed by atoms with Crippen LogP contribution in [-0.2, 0) is 16.2 Å². The number of nitrogens with one attached hydrogen (secondary N) is 1. The fourth-order valence-corrected chi connectivity index (χ4v) is 8.32. The summed E-state index contributed by atoms with van der Waals surface area (Å²) in [6.45, 7) is 0.941. The van der Waals surface area contributed by atoms with Crippen molar-refractivity contribution in [2.45, 2.75) is 72.8 Å². The molecule has 3 aliphatic carbocycles. The first-order valence-corrected chi connectivity index (χ1v) is 13.6. The molecular weight excluding hydrogens is 460 g/mol. The van der Waals surface area contributed by atoms with E-state index in [9.17, 15) is 9.32 Å². The normalized spacial score (nSPS) is 32.1. The van der Waals surface area contributed by atoms with E-state index in [-0.39, 0.29) is 17.6 Å². The van der Waals surface area contributed by atoms with Crippen LogP contribution in [0.3, 0.4) is 0 Å². The summed E-state index contributed by atoms with van der Waals surface area (Å²) in [5.41, 5.74) is 0.615. The van der Waals surface area contributed by atoms with Crippen LogP contribution in [0.25, 0.3) is 0 Å². The lowest BCUT2D eigenvalue weighted by Gasteiger charge is -2.42. The molecule has 4 atom stereocenters. The summed E-state index contributed by atoms with van der Waals surface area (Å²) < 4.78 is 13.1. The van der Waals surface area contributed by atoms with Gasteiger partial charge in [0.2, 0.25) is 5.95 Å². The quantitative estimate of drug-likeness (QED) is 0.664. The summed E-state index contributed by atoms with van der Waals surface area (Å²) in [5.74, 6) is 3.77. The highest BCUT2D eigenvalue weighted by Gasteiger charge is 2.56. The van der Waals surface area contributed by atoms with Gasteiger partial charge in [-0.05, 0) is 50.9 Å². The summed E-state index contributed by atoms with van der Waals surface area (Å²) in [5, 5.41) is 14.1. The zero-order valence-corrected chi connectivity index (χ0v) is 19.9. The van der Waals surface area contributed by atoms with Crippen LogP contribution >= 0.6 is 11.6 Å². The second kappa shape index (κ2) is 7.09. The number of fused-ring (bicyclic) bond motifs is 4. The summed E-state index contributed by atoms with van der Waals surface area (Å²) in [7, 11) is -1.09. The first-order chi connectivity index (χ1) is 16.0. The van der Waals surface area contributed by atoms with Crippen LogP contribution in [0.5, 0.6) is 0 Å². The fraction of sp³-hybridized carbons (Fsp3) is 0.652. The Morgan fingerprint density at radius 1 is 1.18 bits per heavy atom. The van der Waals surface area contributed by atoms with Crippen molar-refractivity contribution in [2.24, 2.45) is 5.92 Å². The third-order valence-corrected chi connectivity index (χ3v) is 10.5. The molecule has 4 heterocycles. The summed E-state index contributed by atoms with van der Waals surface area (Å²) >= 11 is 5.98. The molecule has 4 fully saturated rings. The smallest absolute Gasteiger partial charge is 0.227 e. The molecule has 8 nitrogen and oxygen atoms in total. The minimum Gasteiger partial charge on any atom is -0.394 e. The molecule has 1 saturated heterocycles. The van der Waals surface area contributed by atoms with E-state index < -0.39 is 10.8 Å². The van der Waals surface area contributed by atoms with Crippen molar-refractivity contribution < 1.29 is 9.32 Å². The molecule has 4 unspecified atom stereocenters. The molecule has 2 bridgehead atoms.